The topological polar surface area (TPSA) is 32.3 Å². The largest absolute Gasteiger partial charge is 0.384 e. The third-order valence-electron chi connectivity index (χ3n) is 4.60. The van der Waals surface area contributed by atoms with Crippen LogP contribution in [0.15, 0.2) is 29.6 Å². The van der Waals surface area contributed by atoms with Gasteiger partial charge in [-0.3, -0.25) is 4.79 Å². The van der Waals surface area contributed by atoms with Gasteiger partial charge in [0.05, 0.1) is 6.04 Å². The molecule has 1 atom stereocenters. The van der Waals surface area contributed by atoms with Crippen molar-refractivity contribution < 1.29 is 4.79 Å². The number of carbonyl (C=O) groups is 1. The minimum Gasteiger partial charge on any atom is -0.384 e. The molecule has 0 spiro atoms. The van der Waals surface area contributed by atoms with Crippen LogP contribution in [0.2, 0.25) is 0 Å². The lowest BCUT2D eigenvalue weighted by atomic mass is 9.99. The van der Waals surface area contributed by atoms with E-state index in [1.807, 2.05) is 28.4 Å². The van der Waals surface area contributed by atoms with Crippen molar-refractivity contribution in [2.75, 3.05) is 18.4 Å². The third-order valence-corrected chi connectivity index (χ3v) is 5.60. The van der Waals surface area contributed by atoms with E-state index in [0.29, 0.717) is 0 Å². The lowest BCUT2D eigenvalue weighted by molar-refractivity contribution is 0.0679. The van der Waals surface area contributed by atoms with Crippen LogP contribution in [0.4, 0.5) is 5.69 Å². The van der Waals surface area contributed by atoms with Gasteiger partial charge in [-0.05, 0) is 60.5 Å². The number of amides is 1. The van der Waals surface area contributed by atoms with Crippen LogP contribution in [-0.2, 0) is 12.8 Å². The lowest BCUT2D eigenvalue weighted by Gasteiger charge is -2.33. The molecule has 3 heterocycles. The molecule has 2 aliphatic heterocycles. The molecule has 21 heavy (non-hydrogen) atoms. The SMILES string of the molecule is C[C@H]1c2ccsc2CCN1C(=O)c1ccc2c(c1)CCN2. The molecular formula is C17H18N2OS. The first-order chi connectivity index (χ1) is 10.2. The van der Waals surface area contributed by atoms with Crippen molar-refractivity contribution in [3.05, 3.63) is 51.2 Å². The van der Waals surface area contributed by atoms with Gasteiger partial charge in [0, 0.05) is 29.2 Å². The highest BCUT2D eigenvalue weighted by Crippen LogP contribution is 2.34. The molecule has 0 fully saturated rings. The van der Waals surface area contributed by atoms with E-state index < -0.39 is 0 Å². The van der Waals surface area contributed by atoms with Gasteiger partial charge in [-0.25, -0.2) is 0 Å². The summed E-state index contributed by atoms with van der Waals surface area (Å²) in [7, 11) is 0. The van der Waals surface area contributed by atoms with Crippen LogP contribution in [0.1, 0.15) is 39.3 Å². The molecule has 1 aromatic heterocycles. The van der Waals surface area contributed by atoms with Gasteiger partial charge in [0.25, 0.3) is 5.91 Å². The van der Waals surface area contributed by atoms with Crippen molar-refractivity contribution in [2.45, 2.75) is 25.8 Å². The molecule has 0 saturated heterocycles. The molecule has 1 N–H and O–H groups in total. The Balaban J connectivity index is 1.63. The zero-order chi connectivity index (χ0) is 14.4. The van der Waals surface area contributed by atoms with Crippen LogP contribution in [0.5, 0.6) is 0 Å². The first-order valence-corrected chi connectivity index (χ1v) is 8.36. The van der Waals surface area contributed by atoms with E-state index in [0.717, 1.165) is 31.5 Å². The molecule has 3 nitrogen and oxygen atoms in total. The second kappa shape index (κ2) is 4.88. The molecule has 2 aliphatic rings. The molecule has 0 aliphatic carbocycles. The molecule has 108 valence electrons. The highest BCUT2D eigenvalue weighted by atomic mass is 32.1. The summed E-state index contributed by atoms with van der Waals surface area (Å²) in [6, 6.07) is 8.40. The number of nitrogens with zero attached hydrogens (tertiary/aromatic N) is 1. The number of hydrogen-bond acceptors (Lipinski definition) is 3. The summed E-state index contributed by atoms with van der Waals surface area (Å²) in [5.74, 6) is 0.161. The van der Waals surface area contributed by atoms with Gasteiger partial charge in [-0.1, -0.05) is 0 Å². The van der Waals surface area contributed by atoms with Crippen LogP contribution in [0, 0.1) is 0 Å². The maximum Gasteiger partial charge on any atom is 0.254 e. The molecule has 1 aromatic carbocycles. The number of carbonyl (C=O) groups excluding carboxylic acids is 1. The van der Waals surface area contributed by atoms with Crippen molar-refractivity contribution in [2.24, 2.45) is 0 Å². The van der Waals surface area contributed by atoms with Gasteiger partial charge in [0.1, 0.15) is 0 Å². The monoisotopic (exact) mass is 298 g/mol. The molecule has 0 bridgehead atoms. The Bertz CT molecular complexity index is 707. The van der Waals surface area contributed by atoms with Crippen LogP contribution < -0.4 is 5.32 Å². The smallest absolute Gasteiger partial charge is 0.254 e. The Morgan fingerprint density at radius 3 is 3.14 bits per heavy atom. The lowest BCUT2D eigenvalue weighted by Crippen LogP contribution is -2.38. The van der Waals surface area contributed by atoms with E-state index >= 15 is 0 Å². The maximum absolute atomic E-state index is 12.9. The number of fused-ring (bicyclic) bond motifs is 2. The number of benzene rings is 1. The number of thiophene rings is 1. The highest BCUT2D eigenvalue weighted by molar-refractivity contribution is 7.10. The minimum atomic E-state index is 0.161. The fourth-order valence-corrected chi connectivity index (χ4v) is 4.35. The summed E-state index contributed by atoms with van der Waals surface area (Å²) < 4.78 is 0. The van der Waals surface area contributed by atoms with E-state index in [9.17, 15) is 4.79 Å². The van der Waals surface area contributed by atoms with Crippen LogP contribution in [0.3, 0.4) is 0 Å². The number of nitrogens with one attached hydrogen (secondary N) is 1. The molecule has 4 heteroatoms. The van der Waals surface area contributed by atoms with Gasteiger partial charge in [0.2, 0.25) is 0 Å². The zero-order valence-electron chi connectivity index (χ0n) is 12.1. The maximum atomic E-state index is 12.9. The van der Waals surface area contributed by atoms with Crippen molar-refractivity contribution in [3.63, 3.8) is 0 Å². The number of rotatable bonds is 1. The third kappa shape index (κ3) is 2.05. The summed E-state index contributed by atoms with van der Waals surface area (Å²) in [6.45, 7) is 3.94. The highest BCUT2D eigenvalue weighted by Gasteiger charge is 2.29. The van der Waals surface area contributed by atoms with Crippen LogP contribution in [-0.4, -0.2) is 23.9 Å². The van der Waals surface area contributed by atoms with Gasteiger partial charge in [-0.15, -0.1) is 11.3 Å². The molecule has 0 unspecified atom stereocenters. The van der Waals surface area contributed by atoms with E-state index in [2.05, 4.69) is 29.8 Å². The summed E-state index contributed by atoms with van der Waals surface area (Å²) in [6.07, 6.45) is 2.00. The molecule has 4 rings (SSSR count). The predicted molar refractivity (Wildman–Crippen MR) is 86.1 cm³/mol. The van der Waals surface area contributed by atoms with E-state index in [4.69, 9.17) is 0 Å². The van der Waals surface area contributed by atoms with Crippen molar-refractivity contribution in [3.8, 4) is 0 Å². The van der Waals surface area contributed by atoms with Crippen molar-refractivity contribution in [1.29, 1.82) is 0 Å². The average Bonchev–Trinajstić information content (AvgIpc) is 3.15. The summed E-state index contributed by atoms with van der Waals surface area (Å²) in [4.78, 5) is 16.3. The molecule has 0 radical (unpaired) electrons. The molecule has 0 saturated carbocycles. The fraction of sp³-hybridized carbons (Fsp3) is 0.353. The second-order valence-electron chi connectivity index (χ2n) is 5.77. The fourth-order valence-electron chi connectivity index (χ4n) is 3.39. The Labute approximate surface area is 128 Å². The first-order valence-electron chi connectivity index (χ1n) is 7.48. The first kappa shape index (κ1) is 12.9. The average molecular weight is 298 g/mol. The van der Waals surface area contributed by atoms with Gasteiger partial charge in [-0.2, -0.15) is 0 Å². The Kier molecular flexibility index (Phi) is 3.00. The quantitative estimate of drug-likeness (QED) is 0.874. The van der Waals surface area contributed by atoms with Gasteiger partial charge in [0.15, 0.2) is 0 Å². The van der Waals surface area contributed by atoms with Gasteiger partial charge >= 0.3 is 0 Å². The summed E-state index contributed by atoms with van der Waals surface area (Å²) >= 11 is 1.81. The Morgan fingerprint density at radius 2 is 2.24 bits per heavy atom. The minimum absolute atomic E-state index is 0.161. The molecule has 2 aromatic rings. The standard InChI is InChI=1S/C17H18N2OS/c1-11-14-6-9-21-16(14)5-8-19(11)17(20)13-2-3-15-12(10-13)4-7-18-15/h2-3,6,9-11,18H,4-5,7-8H2,1H3/t11-/m0/s1. The Hall–Kier alpha value is -1.81. The molecular weight excluding hydrogens is 280 g/mol. The zero-order valence-corrected chi connectivity index (χ0v) is 12.9. The van der Waals surface area contributed by atoms with Crippen LogP contribution in [0.25, 0.3) is 0 Å². The second-order valence-corrected chi connectivity index (χ2v) is 6.77. The number of anilines is 1. The van der Waals surface area contributed by atoms with Crippen molar-refractivity contribution >= 4 is 22.9 Å². The van der Waals surface area contributed by atoms with E-state index in [1.165, 1.54) is 21.7 Å². The van der Waals surface area contributed by atoms with Crippen LogP contribution >= 0.6 is 11.3 Å². The predicted octanol–water partition coefficient (Wildman–Crippen LogP) is 3.48. The summed E-state index contributed by atoms with van der Waals surface area (Å²) in [5, 5.41) is 5.48. The summed E-state index contributed by atoms with van der Waals surface area (Å²) in [5.41, 5.74) is 4.59. The molecule has 1 amide bonds. The van der Waals surface area contributed by atoms with E-state index in [-0.39, 0.29) is 11.9 Å². The van der Waals surface area contributed by atoms with Crippen molar-refractivity contribution in [1.82, 2.24) is 4.90 Å². The van der Waals surface area contributed by atoms with E-state index in [1.54, 1.807) is 0 Å². The van der Waals surface area contributed by atoms with Gasteiger partial charge < -0.3 is 10.2 Å². The Morgan fingerprint density at radius 1 is 1.33 bits per heavy atom. The number of hydrogen-bond donors (Lipinski definition) is 1. The normalized spacial score (nSPS) is 19.9.